The maximum Gasteiger partial charge on any atom is 0.332 e. The lowest BCUT2D eigenvalue weighted by Crippen LogP contribution is -2.27. The standard InChI is InChI=1S/C6H12O2Si/c1-4-6-5-7-9(2,3)8-6/h4,6H,1,5H2,2-3H3. The quantitative estimate of drug-likeness (QED) is 0.408. The third-order valence-electron chi connectivity index (χ3n) is 1.29. The minimum Gasteiger partial charge on any atom is -0.391 e. The van der Waals surface area contributed by atoms with Gasteiger partial charge in [0.05, 0.1) is 12.7 Å². The average Bonchev–Trinajstić information content (AvgIpc) is 2.10. The fourth-order valence-electron chi connectivity index (χ4n) is 0.832. The molecule has 52 valence electrons. The van der Waals surface area contributed by atoms with Crippen LogP contribution in [-0.4, -0.2) is 21.3 Å². The molecule has 3 heteroatoms. The summed E-state index contributed by atoms with van der Waals surface area (Å²) in [6, 6.07) is 0. The molecule has 0 bridgehead atoms. The molecular weight excluding hydrogens is 132 g/mol. The molecule has 1 aliphatic rings. The Hall–Kier alpha value is -0.123. The van der Waals surface area contributed by atoms with Crippen LogP contribution in [0.4, 0.5) is 0 Å². The van der Waals surface area contributed by atoms with Gasteiger partial charge in [0.1, 0.15) is 0 Å². The summed E-state index contributed by atoms with van der Waals surface area (Å²) in [6.07, 6.45) is 1.94. The lowest BCUT2D eigenvalue weighted by molar-refractivity contribution is 0.284. The number of rotatable bonds is 1. The molecule has 1 heterocycles. The molecule has 1 atom stereocenters. The Morgan fingerprint density at radius 3 is 2.56 bits per heavy atom. The third kappa shape index (κ3) is 1.64. The molecule has 0 amide bonds. The summed E-state index contributed by atoms with van der Waals surface area (Å²) >= 11 is 0. The molecule has 0 spiro atoms. The molecule has 0 radical (unpaired) electrons. The van der Waals surface area contributed by atoms with E-state index in [0.717, 1.165) is 0 Å². The van der Waals surface area contributed by atoms with E-state index in [2.05, 4.69) is 6.58 Å². The molecule has 1 aliphatic heterocycles. The normalized spacial score (nSPS) is 32.4. The molecular formula is C6H12O2Si. The zero-order valence-corrected chi connectivity index (χ0v) is 6.89. The van der Waals surface area contributed by atoms with Gasteiger partial charge in [-0.3, -0.25) is 0 Å². The largest absolute Gasteiger partial charge is 0.391 e. The van der Waals surface area contributed by atoms with E-state index >= 15 is 0 Å². The summed E-state index contributed by atoms with van der Waals surface area (Å²) < 4.78 is 10.9. The van der Waals surface area contributed by atoms with Gasteiger partial charge in [0.15, 0.2) is 0 Å². The highest BCUT2D eigenvalue weighted by atomic mass is 28.4. The van der Waals surface area contributed by atoms with Gasteiger partial charge in [0.2, 0.25) is 0 Å². The molecule has 0 aliphatic carbocycles. The second-order valence-electron chi connectivity index (χ2n) is 2.60. The van der Waals surface area contributed by atoms with E-state index < -0.39 is 8.56 Å². The van der Waals surface area contributed by atoms with Crippen LogP contribution in [0.2, 0.25) is 13.1 Å². The zero-order valence-electron chi connectivity index (χ0n) is 5.89. The first kappa shape index (κ1) is 6.99. The Morgan fingerprint density at radius 1 is 1.67 bits per heavy atom. The van der Waals surface area contributed by atoms with Crippen molar-refractivity contribution in [3.05, 3.63) is 12.7 Å². The van der Waals surface area contributed by atoms with Gasteiger partial charge in [-0.15, -0.1) is 6.58 Å². The predicted octanol–water partition coefficient (Wildman–Crippen LogP) is 1.29. The van der Waals surface area contributed by atoms with Crippen molar-refractivity contribution in [3.8, 4) is 0 Å². The molecule has 2 nitrogen and oxygen atoms in total. The van der Waals surface area contributed by atoms with Gasteiger partial charge < -0.3 is 8.85 Å². The van der Waals surface area contributed by atoms with Crippen LogP contribution < -0.4 is 0 Å². The van der Waals surface area contributed by atoms with E-state index in [4.69, 9.17) is 8.85 Å². The van der Waals surface area contributed by atoms with Crippen molar-refractivity contribution >= 4 is 8.56 Å². The highest BCUT2D eigenvalue weighted by Crippen LogP contribution is 2.18. The lowest BCUT2D eigenvalue weighted by atomic mass is 10.4. The molecule has 0 saturated carbocycles. The van der Waals surface area contributed by atoms with Crippen molar-refractivity contribution in [3.63, 3.8) is 0 Å². The first-order chi connectivity index (χ1) is 4.14. The molecule has 1 unspecified atom stereocenters. The molecule has 1 fully saturated rings. The number of hydrogen-bond donors (Lipinski definition) is 0. The Morgan fingerprint density at radius 2 is 2.33 bits per heavy atom. The summed E-state index contributed by atoms with van der Waals surface area (Å²) in [5, 5.41) is 0. The molecule has 0 aromatic heterocycles. The fourth-order valence-corrected chi connectivity index (χ4v) is 2.36. The first-order valence-corrected chi connectivity index (χ1v) is 5.90. The van der Waals surface area contributed by atoms with E-state index in [1.165, 1.54) is 0 Å². The molecule has 1 rings (SSSR count). The molecule has 1 saturated heterocycles. The van der Waals surface area contributed by atoms with Gasteiger partial charge in [-0.25, -0.2) is 0 Å². The van der Waals surface area contributed by atoms with Crippen molar-refractivity contribution in [2.24, 2.45) is 0 Å². The zero-order chi connectivity index (χ0) is 6.91. The van der Waals surface area contributed by atoms with E-state index in [1.807, 2.05) is 13.1 Å². The van der Waals surface area contributed by atoms with Crippen LogP contribution in [-0.2, 0) is 8.85 Å². The van der Waals surface area contributed by atoms with Crippen LogP contribution in [0, 0.1) is 0 Å². The predicted molar refractivity (Wildman–Crippen MR) is 38.5 cm³/mol. The van der Waals surface area contributed by atoms with Crippen LogP contribution in [0.25, 0.3) is 0 Å². The van der Waals surface area contributed by atoms with Gasteiger partial charge in [0.25, 0.3) is 0 Å². The minimum absolute atomic E-state index is 0.145. The molecule has 0 aromatic carbocycles. The topological polar surface area (TPSA) is 18.5 Å². The molecule has 9 heavy (non-hydrogen) atoms. The van der Waals surface area contributed by atoms with Crippen LogP contribution >= 0.6 is 0 Å². The fraction of sp³-hybridized carbons (Fsp3) is 0.667. The Balaban J connectivity index is 2.47. The lowest BCUT2D eigenvalue weighted by Gasteiger charge is -2.11. The second-order valence-corrected chi connectivity index (χ2v) is 5.93. The maximum atomic E-state index is 5.50. The first-order valence-electron chi connectivity index (χ1n) is 3.08. The average molecular weight is 144 g/mol. The van der Waals surface area contributed by atoms with Crippen molar-refractivity contribution in [1.82, 2.24) is 0 Å². The van der Waals surface area contributed by atoms with E-state index in [0.29, 0.717) is 6.61 Å². The van der Waals surface area contributed by atoms with Gasteiger partial charge >= 0.3 is 8.56 Å². The Kier molecular flexibility index (Phi) is 1.74. The van der Waals surface area contributed by atoms with E-state index in [-0.39, 0.29) is 6.10 Å². The summed E-state index contributed by atoms with van der Waals surface area (Å²) in [7, 11) is -1.70. The second kappa shape index (κ2) is 2.25. The maximum absolute atomic E-state index is 5.50. The van der Waals surface area contributed by atoms with Crippen molar-refractivity contribution < 1.29 is 8.85 Å². The van der Waals surface area contributed by atoms with Crippen molar-refractivity contribution in [2.75, 3.05) is 6.61 Å². The Bertz CT molecular complexity index is 122. The van der Waals surface area contributed by atoms with Gasteiger partial charge in [-0.05, 0) is 13.1 Å². The van der Waals surface area contributed by atoms with E-state index in [1.54, 1.807) is 6.08 Å². The van der Waals surface area contributed by atoms with Crippen LogP contribution in [0.5, 0.6) is 0 Å². The minimum atomic E-state index is -1.70. The smallest absolute Gasteiger partial charge is 0.332 e. The van der Waals surface area contributed by atoms with Crippen LogP contribution in [0.15, 0.2) is 12.7 Å². The van der Waals surface area contributed by atoms with Crippen LogP contribution in [0.1, 0.15) is 0 Å². The highest BCUT2D eigenvalue weighted by Gasteiger charge is 2.34. The monoisotopic (exact) mass is 144 g/mol. The van der Waals surface area contributed by atoms with Gasteiger partial charge in [-0.2, -0.15) is 0 Å². The van der Waals surface area contributed by atoms with Crippen LogP contribution in [0.3, 0.4) is 0 Å². The number of hydrogen-bond acceptors (Lipinski definition) is 2. The van der Waals surface area contributed by atoms with Crippen molar-refractivity contribution in [2.45, 2.75) is 19.2 Å². The summed E-state index contributed by atoms with van der Waals surface area (Å²) in [5.74, 6) is 0. The SMILES string of the molecule is C=CC1CO[Si](C)(C)O1. The molecule has 0 N–H and O–H groups in total. The van der Waals surface area contributed by atoms with Crippen molar-refractivity contribution in [1.29, 1.82) is 0 Å². The summed E-state index contributed by atoms with van der Waals surface area (Å²) in [5.41, 5.74) is 0. The Labute approximate surface area is 56.7 Å². The van der Waals surface area contributed by atoms with Gasteiger partial charge in [0, 0.05) is 0 Å². The molecule has 0 aromatic rings. The third-order valence-corrected chi connectivity index (χ3v) is 3.03. The van der Waals surface area contributed by atoms with Gasteiger partial charge in [-0.1, -0.05) is 6.08 Å². The highest BCUT2D eigenvalue weighted by molar-refractivity contribution is 6.65. The summed E-state index contributed by atoms with van der Waals surface area (Å²) in [4.78, 5) is 0. The van der Waals surface area contributed by atoms with E-state index in [9.17, 15) is 0 Å². The summed E-state index contributed by atoms with van der Waals surface area (Å²) in [6.45, 7) is 8.40.